The Hall–Kier alpha value is -1.58. The summed E-state index contributed by atoms with van der Waals surface area (Å²) >= 11 is 0. The normalized spacial score (nSPS) is 11.2. The van der Waals surface area contributed by atoms with E-state index in [1.807, 2.05) is 6.92 Å². The molecule has 4 nitrogen and oxygen atoms in total. The largest absolute Gasteiger partial charge is 0.478 e. The van der Waals surface area contributed by atoms with Crippen molar-refractivity contribution in [3.63, 3.8) is 0 Å². The van der Waals surface area contributed by atoms with E-state index in [2.05, 4.69) is 13.5 Å². The second-order valence-electron chi connectivity index (χ2n) is 3.08. The van der Waals surface area contributed by atoms with Gasteiger partial charge >= 0.3 is 11.9 Å². The number of carboxylic acid groups (broad SMARTS) is 1. The topological polar surface area (TPSA) is 63.6 Å². The van der Waals surface area contributed by atoms with E-state index in [4.69, 9.17) is 9.84 Å². The highest BCUT2D eigenvalue weighted by atomic mass is 16.5. The lowest BCUT2D eigenvalue weighted by Crippen LogP contribution is -2.12. The number of ether oxygens (including phenoxy) is 1. The maximum Gasteiger partial charge on any atom is 0.330 e. The summed E-state index contributed by atoms with van der Waals surface area (Å²) in [7, 11) is 0. The molecule has 92 valence electrons. The standard InChI is InChI=1S/C9H16O2.C3H4O2/c1-4-6-8(3)11-9(10)7-5-2;1-2-3(4)5/h5,7-8H,4,6H2,1-3H3;2H,1H2,(H,4,5). The number of aliphatic carboxylic acids is 1. The molecule has 16 heavy (non-hydrogen) atoms. The van der Waals surface area contributed by atoms with Crippen LogP contribution in [0.4, 0.5) is 0 Å². The molecule has 0 aliphatic rings. The predicted molar refractivity (Wildman–Crippen MR) is 63.1 cm³/mol. The highest BCUT2D eigenvalue weighted by Gasteiger charge is 2.03. The van der Waals surface area contributed by atoms with Crippen molar-refractivity contribution < 1.29 is 19.4 Å². The molecule has 0 aliphatic carbocycles. The van der Waals surface area contributed by atoms with Gasteiger partial charge < -0.3 is 9.84 Å². The third-order valence-corrected chi connectivity index (χ3v) is 1.49. The number of rotatable bonds is 5. The van der Waals surface area contributed by atoms with Crippen molar-refractivity contribution in [3.8, 4) is 0 Å². The molecule has 1 N–H and O–H groups in total. The highest BCUT2D eigenvalue weighted by Crippen LogP contribution is 2.00. The third-order valence-electron chi connectivity index (χ3n) is 1.49. The molecule has 0 spiro atoms. The lowest BCUT2D eigenvalue weighted by molar-refractivity contribution is -0.142. The van der Waals surface area contributed by atoms with Gasteiger partial charge in [0.2, 0.25) is 0 Å². The first-order valence-corrected chi connectivity index (χ1v) is 5.16. The fraction of sp³-hybridized carbons (Fsp3) is 0.500. The molecule has 0 heterocycles. The molecule has 0 radical (unpaired) electrons. The molecule has 0 saturated heterocycles. The van der Waals surface area contributed by atoms with E-state index in [9.17, 15) is 9.59 Å². The van der Waals surface area contributed by atoms with E-state index in [1.54, 1.807) is 13.0 Å². The van der Waals surface area contributed by atoms with Crippen LogP contribution in [0.2, 0.25) is 0 Å². The molecule has 0 aliphatic heterocycles. The highest BCUT2D eigenvalue weighted by molar-refractivity contribution is 5.81. The Morgan fingerprint density at radius 3 is 2.31 bits per heavy atom. The Morgan fingerprint density at radius 2 is 2.00 bits per heavy atom. The summed E-state index contributed by atoms with van der Waals surface area (Å²) in [6, 6.07) is 0. The molecular weight excluding hydrogens is 208 g/mol. The molecule has 0 fully saturated rings. The van der Waals surface area contributed by atoms with Crippen LogP contribution < -0.4 is 0 Å². The van der Waals surface area contributed by atoms with Crippen LogP contribution in [-0.4, -0.2) is 23.1 Å². The SMILES string of the molecule is C=CC(=O)O.CC=CC(=O)OC(C)CCC. The number of esters is 1. The van der Waals surface area contributed by atoms with E-state index < -0.39 is 5.97 Å². The van der Waals surface area contributed by atoms with Crippen LogP contribution in [0.1, 0.15) is 33.6 Å². The quantitative estimate of drug-likeness (QED) is 0.580. The van der Waals surface area contributed by atoms with Gasteiger partial charge in [0.1, 0.15) is 0 Å². The van der Waals surface area contributed by atoms with Gasteiger partial charge in [-0.3, -0.25) is 0 Å². The van der Waals surface area contributed by atoms with Crippen LogP contribution in [0, 0.1) is 0 Å². The fourth-order valence-corrected chi connectivity index (χ4v) is 0.839. The number of carboxylic acids is 1. The van der Waals surface area contributed by atoms with Gasteiger partial charge in [0.15, 0.2) is 0 Å². The summed E-state index contributed by atoms with van der Waals surface area (Å²) in [5, 5.41) is 7.60. The summed E-state index contributed by atoms with van der Waals surface area (Å²) in [5.41, 5.74) is 0. The number of allylic oxidation sites excluding steroid dienone is 1. The average Bonchev–Trinajstić information content (AvgIpc) is 2.19. The molecule has 0 aromatic heterocycles. The van der Waals surface area contributed by atoms with Crippen LogP contribution in [-0.2, 0) is 14.3 Å². The molecule has 0 rings (SSSR count). The number of hydrogen-bond donors (Lipinski definition) is 1. The number of carbonyl (C=O) groups excluding carboxylic acids is 1. The van der Waals surface area contributed by atoms with Crippen molar-refractivity contribution in [1.82, 2.24) is 0 Å². The summed E-state index contributed by atoms with van der Waals surface area (Å²) in [6.07, 6.45) is 5.98. The molecule has 0 bridgehead atoms. The van der Waals surface area contributed by atoms with Gasteiger partial charge in [0.05, 0.1) is 6.10 Å². The predicted octanol–water partition coefficient (Wildman–Crippen LogP) is 2.55. The zero-order chi connectivity index (χ0) is 13.0. The molecule has 0 aromatic rings. The zero-order valence-electron chi connectivity index (χ0n) is 10.1. The minimum absolute atomic E-state index is 0.0451. The summed E-state index contributed by atoms with van der Waals surface area (Å²) in [4.78, 5) is 20.1. The summed E-state index contributed by atoms with van der Waals surface area (Å²) < 4.78 is 5.01. The summed E-state index contributed by atoms with van der Waals surface area (Å²) in [6.45, 7) is 8.74. The van der Waals surface area contributed by atoms with Gasteiger partial charge in [0, 0.05) is 12.2 Å². The Balaban J connectivity index is 0. The van der Waals surface area contributed by atoms with Crippen molar-refractivity contribution in [2.24, 2.45) is 0 Å². The van der Waals surface area contributed by atoms with E-state index in [1.165, 1.54) is 6.08 Å². The van der Waals surface area contributed by atoms with Crippen LogP contribution >= 0.6 is 0 Å². The monoisotopic (exact) mass is 228 g/mol. The lowest BCUT2D eigenvalue weighted by Gasteiger charge is -2.09. The van der Waals surface area contributed by atoms with Gasteiger partial charge in [-0.05, 0) is 20.3 Å². The molecule has 4 heteroatoms. The zero-order valence-corrected chi connectivity index (χ0v) is 10.1. The average molecular weight is 228 g/mol. The van der Waals surface area contributed by atoms with Crippen molar-refractivity contribution >= 4 is 11.9 Å². The Bertz CT molecular complexity index is 243. The smallest absolute Gasteiger partial charge is 0.330 e. The maximum atomic E-state index is 10.8. The molecule has 1 unspecified atom stereocenters. The molecule has 0 aromatic carbocycles. The Labute approximate surface area is 96.6 Å². The van der Waals surface area contributed by atoms with E-state index >= 15 is 0 Å². The van der Waals surface area contributed by atoms with Crippen molar-refractivity contribution in [2.45, 2.75) is 39.7 Å². The molecular formula is C12H20O4. The van der Waals surface area contributed by atoms with Crippen LogP contribution in [0.3, 0.4) is 0 Å². The van der Waals surface area contributed by atoms with E-state index in [0.29, 0.717) is 0 Å². The van der Waals surface area contributed by atoms with Crippen LogP contribution in [0.15, 0.2) is 24.8 Å². The maximum absolute atomic E-state index is 10.8. The Kier molecular flexibility index (Phi) is 12.1. The first kappa shape index (κ1) is 16.8. The second kappa shape index (κ2) is 11.5. The lowest BCUT2D eigenvalue weighted by atomic mass is 10.2. The Morgan fingerprint density at radius 1 is 1.50 bits per heavy atom. The van der Waals surface area contributed by atoms with Gasteiger partial charge in [-0.1, -0.05) is 26.0 Å². The fourth-order valence-electron chi connectivity index (χ4n) is 0.839. The van der Waals surface area contributed by atoms with Crippen molar-refractivity contribution in [3.05, 3.63) is 24.8 Å². The van der Waals surface area contributed by atoms with Gasteiger partial charge in [0.25, 0.3) is 0 Å². The molecule has 0 saturated carbocycles. The van der Waals surface area contributed by atoms with Crippen LogP contribution in [0.25, 0.3) is 0 Å². The number of carbonyl (C=O) groups is 2. The second-order valence-corrected chi connectivity index (χ2v) is 3.08. The minimum Gasteiger partial charge on any atom is -0.478 e. The van der Waals surface area contributed by atoms with Crippen molar-refractivity contribution in [2.75, 3.05) is 0 Å². The van der Waals surface area contributed by atoms with Crippen LogP contribution in [0.5, 0.6) is 0 Å². The van der Waals surface area contributed by atoms with Gasteiger partial charge in [-0.15, -0.1) is 0 Å². The van der Waals surface area contributed by atoms with Gasteiger partial charge in [-0.2, -0.15) is 0 Å². The molecule has 0 amide bonds. The first-order valence-electron chi connectivity index (χ1n) is 5.16. The third kappa shape index (κ3) is 14.9. The van der Waals surface area contributed by atoms with E-state index in [0.717, 1.165) is 18.9 Å². The van der Waals surface area contributed by atoms with Crippen molar-refractivity contribution in [1.29, 1.82) is 0 Å². The summed E-state index contributed by atoms with van der Waals surface area (Å²) in [5.74, 6) is -1.22. The van der Waals surface area contributed by atoms with E-state index in [-0.39, 0.29) is 12.1 Å². The number of hydrogen-bond acceptors (Lipinski definition) is 3. The molecule has 1 atom stereocenters. The first-order chi connectivity index (χ1) is 7.47. The van der Waals surface area contributed by atoms with Gasteiger partial charge in [-0.25, -0.2) is 9.59 Å². The minimum atomic E-state index is -0.981.